The van der Waals surface area contributed by atoms with Crippen LogP contribution in [0.3, 0.4) is 0 Å². The fourth-order valence-corrected chi connectivity index (χ4v) is 1.83. The molecule has 0 aromatic carbocycles. The summed E-state index contributed by atoms with van der Waals surface area (Å²) in [7, 11) is 2.19. The van der Waals surface area contributed by atoms with Crippen molar-refractivity contribution in [3.05, 3.63) is 0 Å². The first-order chi connectivity index (χ1) is 7.83. The molecule has 1 saturated heterocycles. The monoisotopic (exact) mass is 230 g/mol. The van der Waals surface area contributed by atoms with E-state index in [1.807, 2.05) is 6.92 Å². The molecule has 1 aliphatic heterocycles. The minimum absolute atomic E-state index is 0.831. The molecule has 0 radical (unpaired) electrons. The Morgan fingerprint density at radius 2 is 2.00 bits per heavy atom. The van der Waals surface area contributed by atoms with E-state index in [4.69, 9.17) is 9.47 Å². The molecule has 0 aromatic heterocycles. The highest BCUT2D eigenvalue weighted by atomic mass is 16.5. The Kier molecular flexibility index (Phi) is 7.76. The zero-order chi connectivity index (χ0) is 11.6. The van der Waals surface area contributed by atoms with Crippen LogP contribution < -0.4 is 0 Å². The molecule has 1 aliphatic rings. The van der Waals surface area contributed by atoms with E-state index in [2.05, 4.69) is 16.8 Å². The number of morpholine rings is 1. The number of hydrogen-bond acceptors (Lipinski definition) is 4. The van der Waals surface area contributed by atoms with Crippen LogP contribution in [0.1, 0.15) is 13.3 Å². The Bertz CT molecular complexity index is 161. The summed E-state index contributed by atoms with van der Waals surface area (Å²) in [6.45, 7) is 11.2. The third-order valence-electron chi connectivity index (χ3n) is 2.93. The topological polar surface area (TPSA) is 24.9 Å². The maximum Gasteiger partial charge on any atom is 0.0594 e. The van der Waals surface area contributed by atoms with Gasteiger partial charge in [-0.2, -0.15) is 0 Å². The van der Waals surface area contributed by atoms with Gasteiger partial charge in [-0.15, -0.1) is 0 Å². The molecule has 96 valence electrons. The van der Waals surface area contributed by atoms with Gasteiger partial charge in [-0.3, -0.25) is 4.90 Å². The van der Waals surface area contributed by atoms with Crippen LogP contribution >= 0.6 is 0 Å². The highest BCUT2D eigenvalue weighted by Crippen LogP contribution is 1.97. The van der Waals surface area contributed by atoms with Crippen molar-refractivity contribution in [1.29, 1.82) is 0 Å². The van der Waals surface area contributed by atoms with Gasteiger partial charge in [0, 0.05) is 45.9 Å². The van der Waals surface area contributed by atoms with Gasteiger partial charge in [0.05, 0.1) is 13.2 Å². The molecule has 0 spiro atoms. The molecule has 0 unspecified atom stereocenters. The van der Waals surface area contributed by atoms with E-state index in [0.29, 0.717) is 0 Å². The molecule has 1 fully saturated rings. The molecule has 16 heavy (non-hydrogen) atoms. The smallest absolute Gasteiger partial charge is 0.0594 e. The van der Waals surface area contributed by atoms with Gasteiger partial charge >= 0.3 is 0 Å². The highest BCUT2D eigenvalue weighted by Gasteiger charge is 2.10. The molecule has 0 aromatic rings. The Morgan fingerprint density at radius 1 is 1.25 bits per heavy atom. The molecule has 0 N–H and O–H groups in total. The molecule has 0 bridgehead atoms. The fraction of sp³-hybridized carbons (Fsp3) is 1.00. The first-order valence-corrected chi connectivity index (χ1v) is 6.39. The van der Waals surface area contributed by atoms with Crippen molar-refractivity contribution in [3.8, 4) is 0 Å². The van der Waals surface area contributed by atoms with Crippen LogP contribution in [0.2, 0.25) is 0 Å². The van der Waals surface area contributed by atoms with E-state index in [0.717, 1.165) is 65.6 Å². The Morgan fingerprint density at radius 3 is 2.69 bits per heavy atom. The van der Waals surface area contributed by atoms with E-state index in [9.17, 15) is 0 Å². The molecule has 4 heteroatoms. The molecule has 0 atom stereocenters. The van der Waals surface area contributed by atoms with Gasteiger partial charge in [0.2, 0.25) is 0 Å². The second kappa shape index (κ2) is 8.93. The summed E-state index contributed by atoms with van der Waals surface area (Å²) in [6.07, 6.45) is 1.13. The number of ether oxygens (including phenoxy) is 2. The molecule has 1 heterocycles. The van der Waals surface area contributed by atoms with E-state index < -0.39 is 0 Å². The van der Waals surface area contributed by atoms with Crippen molar-refractivity contribution < 1.29 is 9.47 Å². The maximum atomic E-state index is 5.33. The van der Waals surface area contributed by atoms with E-state index >= 15 is 0 Å². The minimum Gasteiger partial charge on any atom is -0.382 e. The fourth-order valence-electron chi connectivity index (χ4n) is 1.83. The minimum atomic E-state index is 0.831. The van der Waals surface area contributed by atoms with Gasteiger partial charge in [0.15, 0.2) is 0 Å². The van der Waals surface area contributed by atoms with Crippen molar-refractivity contribution in [1.82, 2.24) is 9.80 Å². The molecule has 1 rings (SSSR count). The van der Waals surface area contributed by atoms with Gasteiger partial charge < -0.3 is 14.4 Å². The van der Waals surface area contributed by atoms with E-state index in [1.54, 1.807) is 0 Å². The van der Waals surface area contributed by atoms with Gasteiger partial charge in [0.25, 0.3) is 0 Å². The molecule has 0 saturated carbocycles. The van der Waals surface area contributed by atoms with Crippen LogP contribution in [0.15, 0.2) is 0 Å². The zero-order valence-electron chi connectivity index (χ0n) is 10.8. The maximum absolute atomic E-state index is 5.33. The van der Waals surface area contributed by atoms with Crippen LogP contribution in [0.5, 0.6) is 0 Å². The third kappa shape index (κ3) is 6.43. The number of nitrogens with zero attached hydrogens (tertiary/aromatic N) is 2. The average molecular weight is 230 g/mol. The first-order valence-electron chi connectivity index (χ1n) is 6.39. The lowest BCUT2D eigenvalue weighted by molar-refractivity contribution is 0.0341. The zero-order valence-corrected chi connectivity index (χ0v) is 10.8. The van der Waals surface area contributed by atoms with Gasteiger partial charge in [0.1, 0.15) is 0 Å². The average Bonchev–Trinajstić information content (AvgIpc) is 2.33. The predicted molar refractivity (Wildman–Crippen MR) is 65.9 cm³/mol. The molecular weight excluding hydrogens is 204 g/mol. The number of rotatable bonds is 8. The van der Waals surface area contributed by atoms with E-state index in [1.165, 1.54) is 0 Å². The second-order valence-corrected chi connectivity index (χ2v) is 4.31. The molecular formula is C12H26N2O2. The summed E-state index contributed by atoms with van der Waals surface area (Å²) >= 11 is 0. The third-order valence-corrected chi connectivity index (χ3v) is 2.93. The summed E-state index contributed by atoms with van der Waals surface area (Å²) < 4.78 is 10.7. The van der Waals surface area contributed by atoms with Crippen LogP contribution in [0, 0.1) is 0 Å². The van der Waals surface area contributed by atoms with Gasteiger partial charge in [-0.05, 0) is 20.4 Å². The molecule has 0 amide bonds. The Balaban J connectivity index is 1.94. The summed E-state index contributed by atoms with van der Waals surface area (Å²) in [5.74, 6) is 0. The van der Waals surface area contributed by atoms with Crippen LogP contribution in [-0.2, 0) is 9.47 Å². The van der Waals surface area contributed by atoms with Crippen molar-refractivity contribution in [3.63, 3.8) is 0 Å². The lowest BCUT2D eigenvalue weighted by atomic mass is 10.3. The molecule has 4 nitrogen and oxygen atoms in total. The summed E-state index contributed by atoms with van der Waals surface area (Å²) in [4.78, 5) is 4.86. The molecule has 0 aliphatic carbocycles. The van der Waals surface area contributed by atoms with Crippen LogP contribution in [-0.4, -0.2) is 76.0 Å². The standard InChI is InChI=1S/C12H26N2O2/c1-3-15-10-4-5-13(2)6-7-14-8-11-16-12-9-14/h3-12H2,1-2H3. The van der Waals surface area contributed by atoms with Crippen molar-refractivity contribution in [2.75, 3.05) is 66.2 Å². The second-order valence-electron chi connectivity index (χ2n) is 4.31. The SMILES string of the molecule is CCOCCCN(C)CCN1CCOCC1. The quantitative estimate of drug-likeness (QED) is 0.572. The summed E-state index contributed by atoms with van der Waals surface area (Å²) in [5, 5.41) is 0. The van der Waals surface area contributed by atoms with E-state index in [-0.39, 0.29) is 0 Å². The normalized spacial score (nSPS) is 18.2. The summed E-state index contributed by atoms with van der Waals surface area (Å²) in [5.41, 5.74) is 0. The van der Waals surface area contributed by atoms with Gasteiger partial charge in [-0.1, -0.05) is 0 Å². The first kappa shape index (κ1) is 13.9. The lowest BCUT2D eigenvalue weighted by Crippen LogP contribution is -2.40. The lowest BCUT2D eigenvalue weighted by Gasteiger charge is -2.28. The number of likely N-dealkylation sites (N-methyl/N-ethyl adjacent to an activating group) is 1. The number of hydrogen-bond donors (Lipinski definition) is 0. The van der Waals surface area contributed by atoms with Gasteiger partial charge in [-0.25, -0.2) is 0 Å². The summed E-state index contributed by atoms with van der Waals surface area (Å²) in [6, 6.07) is 0. The Labute approximate surface area is 99.5 Å². The highest BCUT2D eigenvalue weighted by molar-refractivity contribution is 4.63. The van der Waals surface area contributed by atoms with Crippen LogP contribution in [0.25, 0.3) is 0 Å². The van der Waals surface area contributed by atoms with Crippen molar-refractivity contribution >= 4 is 0 Å². The van der Waals surface area contributed by atoms with Crippen LogP contribution in [0.4, 0.5) is 0 Å². The van der Waals surface area contributed by atoms with Crippen molar-refractivity contribution in [2.24, 2.45) is 0 Å². The predicted octanol–water partition coefficient (Wildman–Crippen LogP) is 0.677. The van der Waals surface area contributed by atoms with Crippen molar-refractivity contribution in [2.45, 2.75) is 13.3 Å². The Hall–Kier alpha value is -0.160. The largest absolute Gasteiger partial charge is 0.382 e.